The monoisotopic (exact) mass is 1080 g/mol. The van der Waals surface area contributed by atoms with Crippen LogP contribution >= 0.6 is 0 Å². The molecule has 406 valence electrons. The summed E-state index contributed by atoms with van der Waals surface area (Å²) in [5.41, 5.74) is 26.6. The van der Waals surface area contributed by atoms with E-state index in [1.54, 1.807) is 0 Å². The molecule has 0 aromatic heterocycles. The van der Waals surface area contributed by atoms with Crippen LogP contribution in [-0.4, -0.2) is 0 Å². The third kappa shape index (κ3) is 8.73. The molecule has 0 bridgehead atoms. The lowest BCUT2D eigenvalue weighted by Gasteiger charge is -2.20. The number of benzene rings is 14. The lowest BCUT2D eigenvalue weighted by atomic mass is 9.83. The van der Waals surface area contributed by atoms with Crippen LogP contribution in [0.15, 0.2) is 243 Å². The van der Waals surface area contributed by atoms with E-state index < -0.39 is 0 Å². The molecule has 0 spiro atoms. The van der Waals surface area contributed by atoms with Crippen molar-refractivity contribution < 1.29 is 0 Å². The van der Waals surface area contributed by atoms with E-state index in [2.05, 4.69) is 284 Å². The van der Waals surface area contributed by atoms with Gasteiger partial charge in [0.05, 0.1) is 0 Å². The smallest absolute Gasteiger partial charge is 0.00987 e. The second kappa shape index (κ2) is 22.1. The summed E-state index contributed by atoms with van der Waals surface area (Å²) < 4.78 is 0. The summed E-state index contributed by atoms with van der Waals surface area (Å²) in [6, 6.07) is 92.7. The maximum absolute atomic E-state index is 2.44. The highest BCUT2D eigenvalue weighted by atomic mass is 14.3. The fourth-order valence-electron chi connectivity index (χ4n) is 14.5. The van der Waals surface area contributed by atoms with Gasteiger partial charge >= 0.3 is 0 Å². The molecular formula is C84H70. The van der Waals surface area contributed by atoms with Gasteiger partial charge in [-0.25, -0.2) is 0 Å². The predicted octanol–water partition coefficient (Wildman–Crippen LogP) is 23.6. The fourth-order valence-corrected chi connectivity index (χ4v) is 14.5. The molecule has 0 heteroatoms. The molecule has 0 nitrogen and oxygen atoms in total. The summed E-state index contributed by atoms with van der Waals surface area (Å²) in [5.74, 6) is 0. The molecule has 0 fully saturated rings. The maximum Gasteiger partial charge on any atom is -0.00987 e. The largest absolute Gasteiger partial charge is 0.0616 e. The zero-order valence-electron chi connectivity index (χ0n) is 49.3. The zero-order valence-corrected chi connectivity index (χ0v) is 49.3. The molecule has 0 amide bonds. The van der Waals surface area contributed by atoms with Crippen LogP contribution in [0.3, 0.4) is 0 Å². The van der Waals surface area contributed by atoms with Gasteiger partial charge in [-0.2, -0.15) is 0 Å². The Bertz CT molecular complexity index is 4550. The van der Waals surface area contributed by atoms with Crippen LogP contribution in [0.1, 0.15) is 74.9 Å². The molecule has 0 atom stereocenters. The molecule has 0 N–H and O–H groups in total. The lowest BCUT2D eigenvalue weighted by Crippen LogP contribution is -1.99. The summed E-state index contributed by atoms with van der Waals surface area (Å²) in [6.45, 7) is 13.7. The van der Waals surface area contributed by atoms with Crippen molar-refractivity contribution in [3.8, 4) is 77.9 Å². The van der Waals surface area contributed by atoms with Gasteiger partial charge in [-0.05, 0) is 214 Å². The van der Waals surface area contributed by atoms with E-state index in [0.29, 0.717) is 0 Å². The highest BCUT2D eigenvalue weighted by Gasteiger charge is 2.22. The molecule has 0 saturated heterocycles. The normalized spacial score (nSPS) is 11.7. The lowest BCUT2D eigenvalue weighted by molar-refractivity contribution is 1.05. The van der Waals surface area contributed by atoms with Crippen molar-refractivity contribution in [2.24, 2.45) is 0 Å². The van der Waals surface area contributed by atoms with Gasteiger partial charge in [0.25, 0.3) is 0 Å². The second-order valence-corrected chi connectivity index (χ2v) is 22.9. The minimum absolute atomic E-state index is 1.01. The van der Waals surface area contributed by atoms with Crippen LogP contribution in [0.2, 0.25) is 0 Å². The van der Waals surface area contributed by atoms with E-state index in [-0.39, 0.29) is 0 Å². The van der Waals surface area contributed by atoms with Gasteiger partial charge in [-0.3, -0.25) is 0 Å². The van der Waals surface area contributed by atoms with Gasteiger partial charge in [0, 0.05) is 0 Å². The van der Waals surface area contributed by atoms with Crippen LogP contribution in [0.5, 0.6) is 0 Å². The van der Waals surface area contributed by atoms with Crippen molar-refractivity contribution >= 4 is 64.6 Å². The van der Waals surface area contributed by atoms with Gasteiger partial charge in [0.15, 0.2) is 0 Å². The minimum atomic E-state index is 1.01. The Kier molecular flexibility index (Phi) is 13.9. The third-order valence-corrected chi connectivity index (χ3v) is 18.6. The Labute approximate surface area is 495 Å². The Morgan fingerprint density at radius 2 is 0.310 bits per heavy atom. The highest BCUT2D eigenvalue weighted by Crippen LogP contribution is 2.48. The van der Waals surface area contributed by atoms with E-state index in [9.17, 15) is 0 Å². The molecule has 14 aromatic carbocycles. The van der Waals surface area contributed by atoms with Gasteiger partial charge in [0.1, 0.15) is 0 Å². The second-order valence-electron chi connectivity index (χ2n) is 22.9. The molecule has 0 aliphatic heterocycles. The molecule has 0 saturated carbocycles. The number of rotatable bonds is 13. The Morgan fingerprint density at radius 1 is 0.167 bits per heavy atom. The summed E-state index contributed by atoms with van der Waals surface area (Å²) in [7, 11) is 0. The van der Waals surface area contributed by atoms with Gasteiger partial charge in [-0.15, -0.1) is 0 Å². The van der Waals surface area contributed by atoms with Crippen molar-refractivity contribution in [1.82, 2.24) is 0 Å². The molecule has 0 radical (unpaired) electrons. The zero-order chi connectivity index (χ0) is 57.0. The van der Waals surface area contributed by atoms with Crippen LogP contribution in [0.4, 0.5) is 0 Å². The fraction of sp³-hybridized carbons (Fsp3) is 0.143. The summed E-state index contributed by atoms with van der Waals surface area (Å²) in [6.07, 6.45) is 6.13. The van der Waals surface area contributed by atoms with E-state index in [4.69, 9.17) is 0 Å². The minimum Gasteiger partial charge on any atom is -0.0616 e. The van der Waals surface area contributed by atoms with E-state index in [0.717, 1.165) is 38.5 Å². The van der Waals surface area contributed by atoms with Crippen LogP contribution in [0.25, 0.3) is 143 Å². The van der Waals surface area contributed by atoms with Crippen LogP contribution in [0, 0.1) is 0 Å². The molecular weight excluding hydrogens is 1010 g/mol. The Hall–Kier alpha value is -9.36. The summed E-state index contributed by atoms with van der Waals surface area (Å²) in [5, 5.41) is 15.2. The summed E-state index contributed by atoms with van der Waals surface area (Å²) >= 11 is 0. The van der Waals surface area contributed by atoms with Gasteiger partial charge in [-0.1, -0.05) is 284 Å². The Morgan fingerprint density at radius 3 is 0.452 bits per heavy atom. The molecule has 14 aromatic rings. The maximum atomic E-state index is 2.44. The molecule has 0 heterocycles. The summed E-state index contributed by atoms with van der Waals surface area (Å²) in [4.78, 5) is 0. The first kappa shape index (κ1) is 52.7. The van der Waals surface area contributed by atoms with Crippen LogP contribution < -0.4 is 0 Å². The van der Waals surface area contributed by atoms with Crippen LogP contribution in [-0.2, 0) is 38.5 Å². The molecule has 0 unspecified atom stereocenters. The third-order valence-electron chi connectivity index (χ3n) is 18.6. The van der Waals surface area contributed by atoms with E-state index in [1.807, 2.05) is 0 Å². The molecule has 0 aliphatic carbocycles. The van der Waals surface area contributed by atoms with E-state index in [1.165, 1.54) is 176 Å². The van der Waals surface area contributed by atoms with Gasteiger partial charge in [0.2, 0.25) is 0 Å². The highest BCUT2D eigenvalue weighted by molar-refractivity contribution is 6.19. The van der Waals surface area contributed by atoms with E-state index >= 15 is 0 Å². The average molecular weight is 1080 g/mol. The van der Waals surface area contributed by atoms with Crippen molar-refractivity contribution in [1.29, 1.82) is 0 Å². The molecule has 14 rings (SSSR count). The Balaban J connectivity index is 0.862. The molecule has 0 aliphatic rings. The topological polar surface area (TPSA) is 0 Å². The SMILES string of the molecule is CCc1cc(CC)c(-c2ccc(-c3ccc(-c4ccc(-c5ccc(-c6ccc(-c7ccc(-c8c(CC)cc(CC)cc8CC)c8ccccc78)c7ccccc67)c6ccccc56)c5ccccc45)c4ccccc34)c3ccccc23)c(CC)c1. The van der Waals surface area contributed by atoms with Crippen molar-refractivity contribution in [3.63, 3.8) is 0 Å². The van der Waals surface area contributed by atoms with Crippen molar-refractivity contribution in [3.05, 3.63) is 276 Å². The first-order chi connectivity index (χ1) is 41.4. The van der Waals surface area contributed by atoms with Crippen molar-refractivity contribution in [2.75, 3.05) is 0 Å². The number of hydrogen-bond acceptors (Lipinski definition) is 0. The first-order valence-corrected chi connectivity index (χ1v) is 30.9. The standard InChI is InChI=1S/C84H70/c1-7-53-49-55(9-3)83(56(10-4)50-53)81-47-45-79(67-33-21-23-35-69(67)81)77-43-41-75(63-29-17-19-31-65(63)77)73-39-37-71(59-25-13-15-27-61(59)73)72-38-40-74(62-28-16-14-26-60(62)72)76-42-44-78(66-32-20-18-30-64(66)76)80-46-48-82(70-36-24-22-34-68(70)80)84-57(11-5)51-54(8-2)52-58(84)12-6/h13-52H,7-12H2,1-6H3. The van der Waals surface area contributed by atoms with Crippen molar-refractivity contribution in [2.45, 2.75) is 80.1 Å². The average Bonchev–Trinajstić information content (AvgIpc) is 3.43. The number of hydrogen-bond donors (Lipinski definition) is 0. The number of aryl methyl sites for hydroxylation is 6. The molecule has 84 heavy (non-hydrogen) atoms. The van der Waals surface area contributed by atoms with Gasteiger partial charge < -0.3 is 0 Å². The predicted molar refractivity (Wildman–Crippen MR) is 366 cm³/mol. The first-order valence-electron chi connectivity index (χ1n) is 30.9. The quantitative estimate of drug-likeness (QED) is 0.108. The number of fused-ring (bicyclic) bond motifs is 6.